The molecule has 0 unspecified atom stereocenters. The van der Waals surface area contributed by atoms with Gasteiger partial charge in [0.2, 0.25) is 10.0 Å². The monoisotopic (exact) mass is 547 g/mol. The van der Waals surface area contributed by atoms with E-state index in [0.29, 0.717) is 16.3 Å². The molecule has 3 rings (SSSR count). The first kappa shape index (κ1) is 26.2. The number of hydrogen-bond donors (Lipinski definition) is 1. The van der Waals surface area contributed by atoms with Crippen LogP contribution in [0.15, 0.2) is 66.1 Å². The average molecular weight is 548 g/mol. The SMILES string of the molecule is C=C(/C=C\C=C(/CC)c1ccc(-c2cc(C(F)(F)F)nn2-c2cc(Cl)ccc2Cl)s1)S(N)(=O)=O. The van der Waals surface area contributed by atoms with Crippen molar-refractivity contribution in [2.45, 2.75) is 19.5 Å². The van der Waals surface area contributed by atoms with Gasteiger partial charge in [-0.3, -0.25) is 0 Å². The summed E-state index contributed by atoms with van der Waals surface area (Å²) >= 11 is 13.5. The first-order chi connectivity index (χ1) is 15.8. The van der Waals surface area contributed by atoms with Crippen LogP contribution < -0.4 is 5.14 Å². The van der Waals surface area contributed by atoms with Gasteiger partial charge in [0.15, 0.2) is 5.69 Å². The molecule has 2 aromatic heterocycles. The summed E-state index contributed by atoms with van der Waals surface area (Å²) in [5.74, 6) is 0. The molecule has 0 aliphatic carbocycles. The Morgan fingerprint density at radius 1 is 1.24 bits per heavy atom. The fourth-order valence-electron chi connectivity index (χ4n) is 2.92. The lowest BCUT2D eigenvalue weighted by atomic mass is 10.1. The third-order valence-electron chi connectivity index (χ3n) is 4.64. The second kappa shape index (κ2) is 10.1. The van der Waals surface area contributed by atoms with Crippen LogP contribution in [0.3, 0.4) is 0 Å². The number of sulfonamides is 1. The predicted molar refractivity (Wildman–Crippen MR) is 132 cm³/mol. The lowest BCUT2D eigenvalue weighted by molar-refractivity contribution is -0.141. The van der Waals surface area contributed by atoms with E-state index in [4.69, 9.17) is 28.3 Å². The molecule has 1 aromatic carbocycles. The van der Waals surface area contributed by atoms with Gasteiger partial charge in [-0.2, -0.15) is 18.3 Å². The maximum atomic E-state index is 13.5. The molecule has 3 aromatic rings. The molecule has 2 heterocycles. The third-order valence-corrected chi connectivity index (χ3v) is 7.24. The number of nitrogens with two attached hydrogens (primary N) is 1. The number of rotatable bonds is 7. The molecule has 0 fully saturated rings. The molecule has 0 saturated heterocycles. The Balaban J connectivity index is 2.06. The Kier molecular flexibility index (Phi) is 7.79. The Bertz CT molecular complexity index is 1400. The number of allylic oxidation sites excluding steroid dienone is 4. The van der Waals surface area contributed by atoms with E-state index >= 15 is 0 Å². The topological polar surface area (TPSA) is 78.0 Å². The Morgan fingerprint density at radius 2 is 1.94 bits per heavy atom. The van der Waals surface area contributed by atoms with Crippen molar-refractivity contribution in [2.75, 3.05) is 0 Å². The van der Waals surface area contributed by atoms with Gasteiger partial charge in [0.05, 0.1) is 26.2 Å². The number of nitrogens with zero attached hydrogens (tertiary/aromatic N) is 2. The van der Waals surface area contributed by atoms with Crippen LogP contribution in [-0.4, -0.2) is 18.2 Å². The van der Waals surface area contributed by atoms with Crippen LogP contribution in [0.1, 0.15) is 23.9 Å². The molecular weight excluding hydrogens is 530 g/mol. The van der Waals surface area contributed by atoms with E-state index in [1.165, 1.54) is 41.7 Å². The van der Waals surface area contributed by atoms with Crippen LogP contribution >= 0.6 is 34.5 Å². The van der Waals surface area contributed by atoms with E-state index in [9.17, 15) is 21.6 Å². The molecule has 0 aliphatic rings. The number of primary sulfonamides is 1. The number of alkyl halides is 3. The molecule has 0 spiro atoms. The van der Waals surface area contributed by atoms with E-state index in [2.05, 4.69) is 11.7 Å². The van der Waals surface area contributed by atoms with Crippen molar-refractivity contribution in [3.8, 4) is 16.3 Å². The van der Waals surface area contributed by atoms with Gasteiger partial charge in [0.1, 0.15) is 0 Å². The summed E-state index contributed by atoms with van der Waals surface area (Å²) in [5, 5.41) is 9.25. The summed E-state index contributed by atoms with van der Waals surface area (Å²) in [4.78, 5) is 1.06. The van der Waals surface area contributed by atoms with Gasteiger partial charge in [-0.25, -0.2) is 18.2 Å². The van der Waals surface area contributed by atoms with Crippen molar-refractivity contribution in [1.29, 1.82) is 0 Å². The summed E-state index contributed by atoms with van der Waals surface area (Å²) in [6.45, 7) is 5.28. The summed E-state index contributed by atoms with van der Waals surface area (Å²) < 4.78 is 64.1. The molecule has 0 bridgehead atoms. The van der Waals surface area contributed by atoms with Gasteiger partial charge >= 0.3 is 6.18 Å². The lowest BCUT2D eigenvalue weighted by Crippen LogP contribution is -2.12. The molecule has 0 amide bonds. The van der Waals surface area contributed by atoms with E-state index in [1.54, 1.807) is 18.2 Å². The molecule has 0 atom stereocenters. The van der Waals surface area contributed by atoms with Crippen LogP contribution in [0.25, 0.3) is 21.8 Å². The zero-order valence-corrected chi connectivity index (χ0v) is 20.7. The fraction of sp³-hybridized carbons (Fsp3) is 0.136. The molecule has 5 nitrogen and oxygen atoms in total. The summed E-state index contributed by atoms with van der Waals surface area (Å²) in [5.41, 5.74) is 0.174. The van der Waals surface area contributed by atoms with Gasteiger partial charge < -0.3 is 0 Å². The third kappa shape index (κ3) is 6.00. The molecule has 0 saturated carbocycles. The van der Waals surface area contributed by atoms with Crippen molar-refractivity contribution in [3.63, 3.8) is 0 Å². The zero-order valence-electron chi connectivity index (χ0n) is 17.6. The largest absolute Gasteiger partial charge is 0.435 e. The summed E-state index contributed by atoms with van der Waals surface area (Å²) in [6.07, 6.45) is 0.391. The fourth-order valence-corrected chi connectivity index (χ4v) is 4.65. The van der Waals surface area contributed by atoms with Crippen LogP contribution in [0.4, 0.5) is 13.2 Å². The Hall–Kier alpha value is -2.37. The second-order valence-corrected chi connectivity index (χ2v) is 10.5. The van der Waals surface area contributed by atoms with E-state index in [1.807, 2.05) is 6.92 Å². The summed E-state index contributed by atoms with van der Waals surface area (Å²) in [6, 6.07) is 8.86. The number of aromatic nitrogens is 2. The van der Waals surface area contributed by atoms with Crippen LogP contribution in [0, 0.1) is 0 Å². The molecule has 0 aliphatic heterocycles. The van der Waals surface area contributed by atoms with Gasteiger partial charge in [-0.1, -0.05) is 48.9 Å². The average Bonchev–Trinajstić information content (AvgIpc) is 3.39. The van der Waals surface area contributed by atoms with Crippen LogP contribution in [-0.2, 0) is 16.2 Å². The quantitative estimate of drug-likeness (QED) is 0.321. The highest BCUT2D eigenvalue weighted by Crippen LogP contribution is 2.39. The normalized spacial score (nSPS) is 13.1. The van der Waals surface area contributed by atoms with E-state index in [0.717, 1.165) is 21.2 Å². The minimum absolute atomic E-state index is 0.189. The number of benzene rings is 1. The van der Waals surface area contributed by atoms with Crippen LogP contribution in [0.2, 0.25) is 10.0 Å². The number of halogens is 5. The Morgan fingerprint density at radius 3 is 2.56 bits per heavy atom. The molecule has 0 radical (unpaired) electrons. The first-order valence-electron chi connectivity index (χ1n) is 9.63. The maximum Gasteiger partial charge on any atom is 0.435 e. The van der Waals surface area contributed by atoms with Gasteiger partial charge in [0, 0.05) is 9.90 Å². The number of hydrogen-bond acceptors (Lipinski definition) is 4. The predicted octanol–water partition coefficient (Wildman–Crippen LogP) is 7.08. The van der Waals surface area contributed by atoms with Gasteiger partial charge in [-0.15, -0.1) is 11.3 Å². The zero-order chi connectivity index (χ0) is 25.3. The Labute approximate surface area is 208 Å². The minimum atomic E-state index is -4.66. The maximum absolute atomic E-state index is 13.5. The molecule has 2 N–H and O–H groups in total. The van der Waals surface area contributed by atoms with Crippen molar-refractivity contribution in [1.82, 2.24) is 9.78 Å². The standard InChI is InChI=1S/C22H18Cl2F3N3O2S2/c1-3-14(6-4-5-13(2)34(28,31)32)19-9-10-20(33-19)18-12-21(22(25,26)27)29-30(18)17-11-15(23)7-8-16(17)24/h4-12H,2-3H2,1H3,(H2,28,31,32)/b5-4-,14-6+. The summed E-state index contributed by atoms with van der Waals surface area (Å²) in [7, 11) is -3.88. The smallest absolute Gasteiger partial charge is 0.230 e. The van der Waals surface area contributed by atoms with E-state index < -0.39 is 21.9 Å². The van der Waals surface area contributed by atoms with Crippen molar-refractivity contribution >= 4 is 50.1 Å². The second-order valence-electron chi connectivity index (χ2n) is 7.00. The molecule has 12 heteroatoms. The van der Waals surface area contributed by atoms with Crippen molar-refractivity contribution in [2.24, 2.45) is 5.14 Å². The minimum Gasteiger partial charge on any atom is -0.230 e. The molecule has 180 valence electrons. The highest BCUT2D eigenvalue weighted by atomic mass is 35.5. The van der Waals surface area contributed by atoms with Gasteiger partial charge in [0.25, 0.3) is 0 Å². The highest BCUT2D eigenvalue weighted by molar-refractivity contribution is 7.93. The van der Waals surface area contributed by atoms with Crippen LogP contribution in [0.5, 0.6) is 0 Å². The lowest BCUT2D eigenvalue weighted by Gasteiger charge is -2.09. The molecule has 34 heavy (non-hydrogen) atoms. The van der Waals surface area contributed by atoms with E-state index in [-0.39, 0.29) is 21.3 Å². The number of thiophene rings is 1. The highest BCUT2D eigenvalue weighted by Gasteiger charge is 2.35. The molecular formula is C22H18Cl2F3N3O2S2. The van der Waals surface area contributed by atoms with Crippen molar-refractivity contribution < 1.29 is 21.6 Å². The van der Waals surface area contributed by atoms with Crippen molar-refractivity contribution in [3.05, 3.63) is 86.7 Å². The first-order valence-corrected chi connectivity index (χ1v) is 12.8. The van der Waals surface area contributed by atoms with Gasteiger partial charge in [-0.05, 0) is 54.5 Å².